The second-order valence-corrected chi connectivity index (χ2v) is 4.77. The van der Waals surface area contributed by atoms with Crippen molar-refractivity contribution in [2.24, 2.45) is 0 Å². The fourth-order valence-corrected chi connectivity index (χ4v) is 2.37. The minimum atomic E-state index is -0.0192. The Balaban J connectivity index is 2.06. The average molecular weight is 236 g/mol. The number of carbonyl (C=O) groups excluding carboxylic acids is 1. The van der Waals surface area contributed by atoms with Gasteiger partial charge in [-0.2, -0.15) is 5.10 Å². The monoisotopic (exact) mass is 236 g/mol. The molecular formula is C12H20N4O. The molecular weight excluding hydrogens is 216 g/mol. The van der Waals surface area contributed by atoms with Gasteiger partial charge in [-0.25, -0.2) is 0 Å². The maximum Gasteiger partial charge on any atom is 0.255 e. The zero-order valence-corrected chi connectivity index (χ0v) is 10.6. The highest BCUT2D eigenvalue weighted by Crippen LogP contribution is 2.12. The molecule has 1 saturated heterocycles. The smallest absolute Gasteiger partial charge is 0.255 e. The van der Waals surface area contributed by atoms with E-state index in [4.69, 9.17) is 0 Å². The van der Waals surface area contributed by atoms with Crippen molar-refractivity contribution in [1.82, 2.24) is 20.8 Å². The number of nitrogens with one attached hydrogen (secondary N) is 3. The number of aromatic amines is 1. The average Bonchev–Trinajstić information content (AvgIpc) is 2.62. The molecule has 1 aromatic rings. The minimum Gasteiger partial charge on any atom is -0.348 e. The molecule has 3 N–H and O–H groups in total. The largest absolute Gasteiger partial charge is 0.348 e. The number of carbonyl (C=O) groups is 1. The number of rotatable bonds is 2. The Hall–Kier alpha value is -1.36. The van der Waals surface area contributed by atoms with E-state index in [9.17, 15) is 4.79 Å². The highest BCUT2D eigenvalue weighted by molar-refractivity contribution is 5.96. The van der Waals surface area contributed by atoms with Crippen LogP contribution in [0.2, 0.25) is 0 Å². The van der Waals surface area contributed by atoms with Crippen LogP contribution in [0.25, 0.3) is 0 Å². The number of aryl methyl sites for hydroxylation is 2. The maximum atomic E-state index is 12.2. The molecule has 2 unspecified atom stereocenters. The van der Waals surface area contributed by atoms with Gasteiger partial charge in [0.05, 0.1) is 11.3 Å². The van der Waals surface area contributed by atoms with Gasteiger partial charge in [-0.05, 0) is 40.2 Å². The Morgan fingerprint density at radius 2 is 2.24 bits per heavy atom. The van der Waals surface area contributed by atoms with E-state index < -0.39 is 0 Å². The Morgan fingerprint density at radius 1 is 1.47 bits per heavy atom. The van der Waals surface area contributed by atoms with E-state index >= 15 is 0 Å². The molecule has 17 heavy (non-hydrogen) atoms. The van der Waals surface area contributed by atoms with Crippen molar-refractivity contribution in [2.75, 3.05) is 6.54 Å². The lowest BCUT2D eigenvalue weighted by Crippen LogP contribution is -2.52. The van der Waals surface area contributed by atoms with Crippen LogP contribution in [0, 0.1) is 13.8 Å². The molecule has 94 valence electrons. The zero-order chi connectivity index (χ0) is 12.4. The lowest BCUT2D eigenvalue weighted by molar-refractivity contribution is 0.0918. The molecule has 0 saturated carbocycles. The minimum absolute atomic E-state index is 0.0192. The normalized spacial score (nSPS) is 24.6. The summed E-state index contributed by atoms with van der Waals surface area (Å²) in [6, 6.07) is 0.546. The van der Waals surface area contributed by atoms with Crippen LogP contribution in [-0.4, -0.2) is 34.7 Å². The van der Waals surface area contributed by atoms with Crippen molar-refractivity contribution in [2.45, 2.75) is 45.7 Å². The Kier molecular flexibility index (Phi) is 3.47. The van der Waals surface area contributed by atoms with Crippen LogP contribution in [0.3, 0.4) is 0 Å². The molecule has 2 heterocycles. The van der Waals surface area contributed by atoms with Gasteiger partial charge in [-0.1, -0.05) is 0 Å². The summed E-state index contributed by atoms with van der Waals surface area (Å²) in [7, 11) is 0. The van der Waals surface area contributed by atoms with Gasteiger partial charge in [0.2, 0.25) is 0 Å². The highest BCUT2D eigenvalue weighted by atomic mass is 16.1. The van der Waals surface area contributed by atoms with Crippen LogP contribution in [0.1, 0.15) is 41.5 Å². The summed E-state index contributed by atoms with van der Waals surface area (Å²) in [5.74, 6) is -0.0192. The first-order valence-corrected chi connectivity index (χ1v) is 6.15. The number of nitrogens with zero attached hydrogens (tertiary/aromatic N) is 1. The molecule has 1 aliphatic heterocycles. The van der Waals surface area contributed by atoms with Crippen LogP contribution in [0.4, 0.5) is 0 Å². The van der Waals surface area contributed by atoms with Gasteiger partial charge in [-0.3, -0.25) is 9.89 Å². The predicted octanol–water partition coefficient (Wildman–Crippen LogP) is 0.897. The lowest BCUT2D eigenvalue weighted by atomic mass is 9.99. The van der Waals surface area contributed by atoms with Crippen molar-refractivity contribution in [3.8, 4) is 0 Å². The first kappa shape index (κ1) is 12.1. The third kappa shape index (κ3) is 2.49. The van der Waals surface area contributed by atoms with Crippen LogP contribution in [0.15, 0.2) is 0 Å². The van der Waals surface area contributed by atoms with Crippen LogP contribution < -0.4 is 10.6 Å². The summed E-state index contributed by atoms with van der Waals surface area (Å²) in [4.78, 5) is 12.2. The maximum absolute atomic E-state index is 12.2. The summed E-state index contributed by atoms with van der Waals surface area (Å²) >= 11 is 0. The molecule has 2 atom stereocenters. The Morgan fingerprint density at radius 3 is 2.82 bits per heavy atom. The SMILES string of the molecule is Cc1n[nH]c(C)c1C(=O)NC1CCCNC1C. The molecule has 0 radical (unpaired) electrons. The standard InChI is InChI=1S/C12H20N4O/c1-7-10(5-4-6-13-7)14-12(17)11-8(2)15-16-9(11)3/h7,10,13H,4-6H2,1-3H3,(H,14,17)(H,15,16). The molecule has 5 nitrogen and oxygen atoms in total. The van der Waals surface area contributed by atoms with E-state index in [2.05, 4.69) is 27.8 Å². The van der Waals surface area contributed by atoms with Crippen molar-refractivity contribution in [3.63, 3.8) is 0 Å². The van der Waals surface area contributed by atoms with Crippen molar-refractivity contribution in [3.05, 3.63) is 17.0 Å². The molecule has 1 amide bonds. The highest BCUT2D eigenvalue weighted by Gasteiger charge is 2.24. The summed E-state index contributed by atoms with van der Waals surface area (Å²) < 4.78 is 0. The van der Waals surface area contributed by atoms with Crippen LogP contribution >= 0.6 is 0 Å². The third-order valence-electron chi connectivity index (χ3n) is 3.43. The van der Waals surface area contributed by atoms with Gasteiger partial charge in [0.1, 0.15) is 0 Å². The Labute approximate surface area is 101 Å². The number of hydrogen-bond acceptors (Lipinski definition) is 3. The van der Waals surface area contributed by atoms with Gasteiger partial charge in [0.15, 0.2) is 0 Å². The number of aromatic nitrogens is 2. The molecule has 2 rings (SSSR count). The van der Waals surface area contributed by atoms with Crippen LogP contribution in [-0.2, 0) is 0 Å². The van der Waals surface area contributed by atoms with E-state index in [0.29, 0.717) is 11.6 Å². The number of amides is 1. The predicted molar refractivity (Wildman–Crippen MR) is 66.0 cm³/mol. The third-order valence-corrected chi connectivity index (χ3v) is 3.43. The zero-order valence-electron chi connectivity index (χ0n) is 10.6. The number of hydrogen-bond donors (Lipinski definition) is 3. The van der Waals surface area contributed by atoms with Gasteiger partial charge in [0, 0.05) is 17.8 Å². The topological polar surface area (TPSA) is 69.8 Å². The molecule has 0 aliphatic carbocycles. The second kappa shape index (κ2) is 4.87. The van der Waals surface area contributed by atoms with Crippen LogP contribution in [0.5, 0.6) is 0 Å². The second-order valence-electron chi connectivity index (χ2n) is 4.77. The van der Waals surface area contributed by atoms with Gasteiger partial charge in [-0.15, -0.1) is 0 Å². The lowest BCUT2D eigenvalue weighted by Gasteiger charge is -2.30. The Bertz CT molecular complexity index is 393. The fraction of sp³-hybridized carbons (Fsp3) is 0.667. The summed E-state index contributed by atoms with van der Waals surface area (Å²) in [5.41, 5.74) is 2.27. The first-order chi connectivity index (χ1) is 8.09. The van der Waals surface area contributed by atoms with E-state index in [0.717, 1.165) is 30.8 Å². The van der Waals surface area contributed by atoms with E-state index in [-0.39, 0.29) is 11.9 Å². The molecule has 0 bridgehead atoms. The molecule has 1 aromatic heterocycles. The molecule has 0 aromatic carbocycles. The number of piperidine rings is 1. The van der Waals surface area contributed by atoms with E-state index in [1.54, 1.807) is 0 Å². The van der Waals surface area contributed by atoms with Crippen molar-refractivity contribution in [1.29, 1.82) is 0 Å². The quantitative estimate of drug-likeness (QED) is 0.714. The fourth-order valence-electron chi connectivity index (χ4n) is 2.37. The van der Waals surface area contributed by atoms with E-state index in [1.165, 1.54) is 0 Å². The molecule has 1 aliphatic rings. The molecule has 5 heteroatoms. The molecule has 1 fully saturated rings. The van der Waals surface area contributed by atoms with E-state index in [1.807, 2.05) is 13.8 Å². The van der Waals surface area contributed by atoms with Crippen molar-refractivity contribution >= 4 is 5.91 Å². The number of H-pyrrole nitrogens is 1. The molecule has 0 spiro atoms. The van der Waals surface area contributed by atoms with Gasteiger partial charge < -0.3 is 10.6 Å². The summed E-state index contributed by atoms with van der Waals surface area (Å²) in [6.07, 6.45) is 2.15. The van der Waals surface area contributed by atoms with Crippen molar-refractivity contribution < 1.29 is 4.79 Å². The first-order valence-electron chi connectivity index (χ1n) is 6.15. The summed E-state index contributed by atoms with van der Waals surface area (Å²) in [5, 5.41) is 13.4. The summed E-state index contributed by atoms with van der Waals surface area (Å²) in [6.45, 7) is 6.87. The van der Waals surface area contributed by atoms with Gasteiger partial charge >= 0.3 is 0 Å². The van der Waals surface area contributed by atoms with Gasteiger partial charge in [0.25, 0.3) is 5.91 Å².